The van der Waals surface area contributed by atoms with Gasteiger partial charge in [-0.15, -0.1) is 0 Å². The molecular formula is C15H19N3O5. The van der Waals surface area contributed by atoms with Crippen molar-refractivity contribution in [3.05, 3.63) is 35.9 Å². The number of carbonyl (C=O) groups excluding carboxylic acids is 4. The summed E-state index contributed by atoms with van der Waals surface area (Å²) >= 11 is 0. The molecule has 0 unspecified atom stereocenters. The molecule has 0 aliphatic heterocycles. The van der Waals surface area contributed by atoms with Gasteiger partial charge in [-0.05, 0) is 18.1 Å². The SMILES string of the molecule is CC(C)[C@@H](NC(=O)c1ccccc1)C(=O)OCC(=O)NC(N)=O. The molecule has 23 heavy (non-hydrogen) atoms. The first-order chi connectivity index (χ1) is 10.8. The van der Waals surface area contributed by atoms with Crippen LogP contribution >= 0.6 is 0 Å². The minimum Gasteiger partial charge on any atom is -0.454 e. The van der Waals surface area contributed by atoms with Crippen LogP contribution in [0.4, 0.5) is 4.79 Å². The number of nitrogens with one attached hydrogen (secondary N) is 2. The fourth-order valence-electron chi connectivity index (χ4n) is 1.71. The molecule has 1 rings (SSSR count). The van der Waals surface area contributed by atoms with Gasteiger partial charge in [0.1, 0.15) is 6.04 Å². The highest BCUT2D eigenvalue weighted by Crippen LogP contribution is 2.07. The molecule has 0 aliphatic carbocycles. The lowest BCUT2D eigenvalue weighted by Gasteiger charge is -2.20. The van der Waals surface area contributed by atoms with E-state index in [4.69, 9.17) is 10.5 Å². The van der Waals surface area contributed by atoms with E-state index in [9.17, 15) is 19.2 Å². The van der Waals surface area contributed by atoms with Gasteiger partial charge < -0.3 is 15.8 Å². The highest BCUT2D eigenvalue weighted by atomic mass is 16.5. The molecule has 0 saturated heterocycles. The zero-order valence-corrected chi connectivity index (χ0v) is 12.9. The number of esters is 1. The van der Waals surface area contributed by atoms with Gasteiger partial charge in [0.2, 0.25) is 0 Å². The van der Waals surface area contributed by atoms with Gasteiger partial charge >= 0.3 is 12.0 Å². The molecule has 0 heterocycles. The second-order valence-corrected chi connectivity index (χ2v) is 5.08. The molecule has 1 aromatic carbocycles. The van der Waals surface area contributed by atoms with E-state index in [1.54, 1.807) is 49.5 Å². The summed E-state index contributed by atoms with van der Waals surface area (Å²) in [6.45, 7) is 2.79. The quantitative estimate of drug-likeness (QED) is 0.644. The number of urea groups is 1. The molecule has 0 aromatic heterocycles. The summed E-state index contributed by atoms with van der Waals surface area (Å²) in [5.41, 5.74) is 5.17. The second-order valence-electron chi connectivity index (χ2n) is 5.08. The summed E-state index contributed by atoms with van der Waals surface area (Å²) in [5, 5.41) is 4.33. The standard InChI is InChI=1S/C15H19N3O5/c1-9(2)12(14(21)23-8-11(19)17-15(16)22)18-13(20)10-6-4-3-5-7-10/h3-7,9,12H,8H2,1-2H3,(H,18,20)(H3,16,17,19,22)/t12-/m1/s1. The lowest BCUT2D eigenvalue weighted by molar-refractivity contribution is -0.151. The van der Waals surface area contributed by atoms with E-state index in [-0.39, 0.29) is 5.92 Å². The Morgan fingerprint density at radius 3 is 2.26 bits per heavy atom. The molecule has 0 saturated carbocycles. The van der Waals surface area contributed by atoms with Gasteiger partial charge in [0, 0.05) is 5.56 Å². The molecular weight excluding hydrogens is 302 g/mol. The molecule has 4 N–H and O–H groups in total. The van der Waals surface area contributed by atoms with Crippen LogP contribution in [0, 0.1) is 5.92 Å². The Balaban J connectivity index is 2.63. The average molecular weight is 321 g/mol. The van der Waals surface area contributed by atoms with Gasteiger partial charge in [-0.3, -0.25) is 14.9 Å². The average Bonchev–Trinajstić information content (AvgIpc) is 2.50. The van der Waals surface area contributed by atoms with E-state index in [1.165, 1.54) is 0 Å². The number of imide groups is 1. The molecule has 0 radical (unpaired) electrons. The molecule has 1 atom stereocenters. The summed E-state index contributed by atoms with van der Waals surface area (Å²) < 4.78 is 4.79. The van der Waals surface area contributed by atoms with Crippen LogP contribution in [0.5, 0.6) is 0 Å². The van der Waals surface area contributed by atoms with Crippen LogP contribution in [0.1, 0.15) is 24.2 Å². The first kappa shape index (κ1) is 18.1. The third kappa shape index (κ3) is 6.16. The van der Waals surface area contributed by atoms with Crippen molar-refractivity contribution in [2.75, 3.05) is 6.61 Å². The van der Waals surface area contributed by atoms with Crippen molar-refractivity contribution in [3.8, 4) is 0 Å². The third-order valence-electron chi connectivity index (χ3n) is 2.85. The number of hydrogen-bond donors (Lipinski definition) is 3. The van der Waals surface area contributed by atoms with Crippen molar-refractivity contribution < 1.29 is 23.9 Å². The van der Waals surface area contributed by atoms with E-state index >= 15 is 0 Å². The van der Waals surface area contributed by atoms with Crippen molar-refractivity contribution in [2.24, 2.45) is 11.7 Å². The van der Waals surface area contributed by atoms with Crippen LogP contribution in [-0.4, -0.2) is 36.5 Å². The van der Waals surface area contributed by atoms with Crippen molar-refractivity contribution in [1.82, 2.24) is 10.6 Å². The highest BCUT2D eigenvalue weighted by molar-refractivity contribution is 5.97. The van der Waals surface area contributed by atoms with Crippen LogP contribution in [0.2, 0.25) is 0 Å². The van der Waals surface area contributed by atoms with Crippen LogP contribution in [0.3, 0.4) is 0 Å². The van der Waals surface area contributed by atoms with Gasteiger partial charge in [-0.1, -0.05) is 32.0 Å². The summed E-state index contributed by atoms with van der Waals surface area (Å²) in [6, 6.07) is 6.42. The van der Waals surface area contributed by atoms with Gasteiger partial charge in [0.25, 0.3) is 11.8 Å². The number of primary amides is 1. The van der Waals surface area contributed by atoms with E-state index in [0.717, 1.165) is 0 Å². The van der Waals surface area contributed by atoms with Crippen molar-refractivity contribution in [1.29, 1.82) is 0 Å². The molecule has 124 valence electrons. The van der Waals surface area contributed by atoms with Gasteiger partial charge in [-0.2, -0.15) is 0 Å². The number of nitrogens with two attached hydrogens (primary N) is 1. The minimum absolute atomic E-state index is 0.255. The summed E-state index contributed by atoms with van der Waals surface area (Å²) in [6.07, 6.45) is 0. The Labute approximate surface area is 133 Å². The highest BCUT2D eigenvalue weighted by Gasteiger charge is 2.26. The Morgan fingerprint density at radius 2 is 1.74 bits per heavy atom. The number of carbonyl (C=O) groups is 4. The second kappa shape index (κ2) is 8.52. The van der Waals surface area contributed by atoms with Gasteiger partial charge in [0.05, 0.1) is 0 Å². The lowest BCUT2D eigenvalue weighted by Crippen LogP contribution is -2.46. The predicted molar refractivity (Wildman–Crippen MR) is 81.2 cm³/mol. The molecule has 1 aromatic rings. The summed E-state index contributed by atoms with van der Waals surface area (Å²) in [5.74, 6) is -2.30. The monoisotopic (exact) mass is 321 g/mol. The first-order valence-corrected chi connectivity index (χ1v) is 6.93. The molecule has 0 spiro atoms. The molecule has 0 fully saturated rings. The largest absolute Gasteiger partial charge is 0.454 e. The first-order valence-electron chi connectivity index (χ1n) is 6.93. The van der Waals surface area contributed by atoms with Crippen LogP contribution < -0.4 is 16.4 Å². The van der Waals surface area contributed by atoms with Crippen molar-refractivity contribution in [3.63, 3.8) is 0 Å². The van der Waals surface area contributed by atoms with Gasteiger partial charge in [-0.25, -0.2) is 9.59 Å². The fraction of sp³-hybridized carbons (Fsp3) is 0.333. The Morgan fingerprint density at radius 1 is 1.13 bits per heavy atom. The Kier molecular flexibility index (Phi) is 6.72. The van der Waals surface area contributed by atoms with Crippen molar-refractivity contribution in [2.45, 2.75) is 19.9 Å². The molecule has 4 amide bonds. The van der Waals surface area contributed by atoms with E-state index in [1.807, 2.05) is 0 Å². The summed E-state index contributed by atoms with van der Waals surface area (Å²) in [7, 11) is 0. The van der Waals surface area contributed by atoms with Crippen LogP contribution in [0.25, 0.3) is 0 Å². The zero-order chi connectivity index (χ0) is 17.4. The maximum Gasteiger partial charge on any atom is 0.329 e. The van der Waals surface area contributed by atoms with E-state index in [2.05, 4.69) is 5.32 Å². The maximum atomic E-state index is 12.1. The molecule has 8 nitrogen and oxygen atoms in total. The van der Waals surface area contributed by atoms with E-state index in [0.29, 0.717) is 5.56 Å². The zero-order valence-electron chi connectivity index (χ0n) is 12.9. The topological polar surface area (TPSA) is 128 Å². The Bertz CT molecular complexity index is 586. The van der Waals surface area contributed by atoms with Crippen LogP contribution in [0.15, 0.2) is 30.3 Å². The maximum absolute atomic E-state index is 12.1. The summed E-state index contributed by atoms with van der Waals surface area (Å²) in [4.78, 5) is 45.8. The van der Waals surface area contributed by atoms with Crippen LogP contribution in [-0.2, 0) is 14.3 Å². The number of hydrogen-bond acceptors (Lipinski definition) is 5. The number of rotatable bonds is 6. The smallest absolute Gasteiger partial charge is 0.329 e. The normalized spacial score (nSPS) is 11.4. The number of ether oxygens (including phenoxy) is 1. The molecule has 0 bridgehead atoms. The Hall–Kier alpha value is -2.90. The fourth-order valence-corrected chi connectivity index (χ4v) is 1.71. The number of amides is 4. The third-order valence-corrected chi connectivity index (χ3v) is 2.85. The molecule has 8 heteroatoms. The number of benzene rings is 1. The lowest BCUT2D eigenvalue weighted by atomic mass is 10.0. The minimum atomic E-state index is -1.04. The molecule has 0 aliphatic rings. The van der Waals surface area contributed by atoms with Crippen molar-refractivity contribution >= 4 is 23.8 Å². The predicted octanol–water partition coefficient (Wildman–Crippen LogP) is 0.179. The van der Waals surface area contributed by atoms with E-state index < -0.39 is 36.5 Å². The van der Waals surface area contributed by atoms with Gasteiger partial charge in [0.15, 0.2) is 6.61 Å².